The lowest BCUT2D eigenvalue weighted by atomic mass is 9.78. The normalized spacial score (nSPS) is 17.5. The number of benzene rings is 2. The molecular weight excluding hydrogens is 264 g/mol. The Labute approximate surface area is 125 Å². The molecule has 3 rings (SSSR count). The number of aromatic hydroxyl groups is 1. The van der Waals surface area contributed by atoms with Crippen molar-refractivity contribution in [1.29, 1.82) is 0 Å². The highest BCUT2D eigenvalue weighted by Gasteiger charge is 2.24. The van der Waals surface area contributed by atoms with Crippen LogP contribution in [0.25, 0.3) is 0 Å². The summed E-state index contributed by atoms with van der Waals surface area (Å²) in [6.07, 6.45) is 0.276. The van der Waals surface area contributed by atoms with Crippen molar-refractivity contribution in [2.24, 2.45) is 0 Å². The standard InChI is InChI=1S/C18H20O3/c1-18(2,13-3-7-15(19)8-4-13)14-5-9-16(10-6-14)20-11-17-12-21-17/h3-10,17,19H,11-12H2,1-2H3. The molecular formula is C18H20O3. The third-order valence-corrected chi connectivity index (χ3v) is 4.00. The predicted octanol–water partition coefficient (Wildman–Crippen LogP) is 3.50. The Bertz CT molecular complexity index is 595. The molecule has 0 amide bonds. The van der Waals surface area contributed by atoms with Crippen LogP contribution in [-0.2, 0) is 10.2 Å². The maximum absolute atomic E-state index is 9.41. The summed E-state index contributed by atoms with van der Waals surface area (Å²) >= 11 is 0. The zero-order chi connectivity index (χ0) is 14.9. The third-order valence-electron chi connectivity index (χ3n) is 4.00. The molecule has 1 atom stereocenters. The predicted molar refractivity (Wildman–Crippen MR) is 81.9 cm³/mol. The quantitative estimate of drug-likeness (QED) is 0.854. The molecule has 1 aliphatic rings. The Balaban J connectivity index is 1.76. The van der Waals surface area contributed by atoms with Gasteiger partial charge in [-0.15, -0.1) is 0 Å². The lowest BCUT2D eigenvalue weighted by Gasteiger charge is -2.26. The molecule has 1 unspecified atom stereocenters. The van der Waals surface area contributed by atoms with Gasteiger partial charge < -0.3 is 14.6 Å². The van der Waals surface area contributed by atoms with Crippen molar-refractivity contribution >= 4 is 0 Å². The van der Waals surface area contributed by atoms with Crippen LogP contribution in [0.1, 0.15) is 25.0 Å². The van der Waals surface area contributed by atoms with Crippen LogP contribution in [0.5, 0.6) is 11.5 Å². The second-order valence-electron chi connectivity index (χ2n) is 5.96. The van der Waals surface area contributed by atoms with E-state index in [0.29, 0.717) is 12.4 Å². The Morgan fingerprint density at radius 3 is 2.10 bits per heavy atom. The van der Waals surface area contributed by atoms with Crippen LogP contribution in [0, 0.1) is 0 Å². The molecule has 1 aliphatic heterocycles. The average Bonchev–Trinajstić information content (AvgIpc) is 3.30. The molecule has 2 aromatic carbocycles. The van der Waals surface area contributed by atoms with E-state index >= 15 is 0 Å². The Morgan fingerprint density at radius 2 is 1.57 bits per heavy atom. The summed E-state index contributed by atoms with van der Waals surface area (Å²) in [6, 6.07) is 15.6. The monoisotopic (exact) mass is 284 g/mol. The number of hydrogen-bond donors (Lipinski definition) is 1. The molecule has 21 heavy (non-hydrogen) atoms. The molecule has 1 saturated heterocycles. The molecule has 2 aromatic rings. The van der Waals surface area contributed by atoms with Crippen molar-refractivity contribution in [3.63, 3.8) is 0 Å². The topological polar surface area (TPSA) is 42.0 Å². The number of phenolic OH excluding ortho intramolecular Hbond substituents is 1. The van der Waals surface area contributed by atoms with E-state index < -0.39 is 0 Å². The third kappa shape index (κ3) is 3.19. The average molecular weight is 284 g/mol. The van der Waals surface area contributed by atoms with E-state index in [1.54, 1.807) is 12.1 Å². The van der Waals surface area contributed by atoms with Gasteiger partial charge in [0.25, 0.3) is 0 Å². The van der Waals surface area contributed by atoms with E-state index in [-0.39, 0.29) is 11.5 Å². The fraction of sp³-hybridized carbons (Fsp3) is 0.333. The molecule has 3 nitrogen and oxygen atoms in total. The first kappa shape index (κ1) is 14.0. The SMILES string of the molecule is CC(C)(c1ccc(O)cc1)c1ccc(OCC2CO2)cc1. The highest BCUT2D eigenvalue weighted by molar-refractivity contribution is 5.41. The molecule has 0 radical (unpaired) electrons. The van der Waals surface area contributed by atoms with E-state index in [1.165, 1.54) is 11.1 Å². The van der Waals surface area contributed by atoms with Gasteiger partial charge in [0.05, 0.1) is 6.61 Å². The maximum Gasteiger partial charge on any atom is 0.119 e. The van der Waals surface area contributed by atoms with Crippen molar-refractivity contribution < 1.29 is 14.6 Å². The maximum atomic E-state index is 9.41. The van der Waals surface area contributed by atoms with Crippen molar-refractivity contribution in [3.05, 3.63) is 59.7 Å². The van der Waals surface area contributed by atoms with Crippen molar-refractivity contribution in [3.8, 4) is 11.5 Å². The van der Waals surface area contributed by atoms with Crippen LogP contribution in [0.3, 0.4) is 0 Å². The van der Waals surface area contributed by atoms with Gasteiger partial charge in [0.2, 0.25) is 0 Å². The second-order valence-corrected chi connectivity index (χ2v) is 5.96. The molecule has 0 saturated carbocycles. The Hall–Kier alpha value is -2.00. The van der Waals surface area contributed by atoms with Crippen molar-refractivity contribution in [2.75, 3.05) is 13.2 Å². The Morgan fingerprint density at radius 1 is 1.05 bits per heavy atom. The van der Waals surface area contributed by atoms with E-state index in [0.717, 1.165) is 12.4 Å². The zero-order valence-corrected chi connectivity index (χ0v) is 12.4. The fourth-order valence-corrected chi connectivity index (χ4v) is 2.37. The lowest BCUT2D eigenvalue weighted by molar-refractivity contribution is 0.263. The first-order chi connectivity index (χ1) is 10.1. The molecule has 0 bridgehead atoms. The summed E-state index contributed by atoms with van der Waals surface area (Å²) in [5, 5.41) is 9.41. The van der Waals surface area contributed by atoms with Crippen LogP contribution in [0.15, 0.2) is 48.5 Å². The summed E-state index contributed by atoms with van der Waals surface area (Å²) in [4.78, 5) is 0. The van der Waals surface area contributed by atoms with Crippen molar-refractivity contribution in [2.45, 2.75) is 25.4 Å². The number of rotatable bonds is 5. The van der Waals surface area contributed by atoms with E-state index in [1.807, 2.05) is 24.3 Å². The molecule has 3 heteroatoms. The number of ether oxygens (including phenoxy) is 2. The van der Waals surface area contributed by atoms with Gasteiger partial charge in [-0.05, 0) is 35.4 Å². The second kappa shape index (κ2) is 5.41. The number of hydrogen-bond acceptors (Lipinski definition) is 3. The van der Waals surface area contributed by atoms with Gasteiger partial charge in [0.1, 0.15) is 24.2 Å². The highest BCUT2D eigenvalue weighted by atomic mass is 16.6. The minimum Gasteiger partial charge on any atom is -0.508 e. The van der Waals surface area contributed by atoms with Crippen molar-refractivity contribution in [1.82, 2.24) is 0 Å². The number of epoxide rings is 1. The van der Waals surface area contributed by atoms with Gasteiger partial charge in [-0.2, -0.15) is 0 Å². The number of phenols is 1. The van der Waals surface area contributed by atoms with Crippen LogP contribution in [-0.4, -0.2) is 24.4 Å². The van der Waals surface area contributed by atoms with Gasteiger partial charge in [0, 0.05) is 5.41 Å². The van der Waals surface area contributed by atoms with E-state index in [4.69, 9.17) is 9.47 Å². The molecule has 1 N–H and O–H groups in total. The van der Waals surface area contributed by atoms with Crippen LogP contribution in [0.4, 0.5) is 0 Å². The summed E-state index contributed by atoms with van der Waals surface area (Å²) < 4.78 is 10.8. The minimum absolute atomic E-state index is 0.119. The van der Waals surface area contributed by atoms with Crippen LogP contribution < -0.4 is 4.74 Å². The summed E-state index contributed by atoms with van der Waals surface area (Å²) in [6.45, 7) is 5.78. The van der Waals surface area contributed by atoms with E-state index in [2.05, 4.69) is 26.0 Å². The summed E-state index contributed by atoms with van der Waals surface area (Å²) in [5.41, 5.74) is 2.26. The fourth-order valence-electron chi connectivity index (χ4n) is 2.37. The van der Waals surface area contributed by atoms with E-state index in [9.17, 15) is 5.11 Å². The molecule has 0 aromatic heterocycles. The van der Waals surface area contributed by atoms with Gasteiger partial charge >= 0.3 is 0 Å². The largest absolute Gasteiger partial charge is 0.508 e. The van der Waals surface area contributed by atoms with Crippen LogP contribution >= 0.6 is 0 Å². The Kier molecular flexibility index (Phi) is 3.60. The molecule has 0 spiro atoms. The summed E-state index contributed by atoms with van der Waals surface area (Å²) in [5.74, 6) is 1.16. The van der Waals surface area contributed by atoms with Gasteiger partial charge in [0.15, 0.2) is 0 Å². The van der Waals surface area contributed by atoms with Gasteiger partial charge in [-0.1, -0.05) is 38.1 Å². The molecule has 1 fully saturated rings. The lowest BCUT2D eigenvalue weighted by Crippen LogP contribution is -2.18. The molecule has 1 heterocycles. The summed E-state index contributed by atoms with van der Waals surface area (Å²) in [7, 11) is 0. The van der Waals surface area contributed by atoms with Crippen LogP contribution in [0.2, 0.25) is 0 Å². The first-order valence-electron chi connectivity index (χ1n) is 7.20. The molecule has 110 valence electrons. The zero-order valence-electron chi connectivity index (χ0n) is 12.4. The molecule has 0 aliphatic carbocycles. The van der Waals surface area contributed by atoms with Gasteiger partial charge in [-0.25, -0.2) is 0 Å². The van der Waals surface area contributed by atoms with Gasteiger partial charge in [-0.3, -0.25) is 0 Å². The smallest absolute Gasteiger partial charge is 0.119 e. The minimum atomic E-state index is -0.119. The first-order valence-corrected chi connectivity index (χ1v) is 7.20. The highest BCUT2D eigenvalue weighted by Crippen LogP contribution is 2.33.